The van der Waals surface area contributed by atoms with Crippen molar-refractivity contribution in [2.45, 2.75) is 76.0 Å². The molecule has 0 aliphatic heterocycles. The number of alkyl halides is 7. The van der Waals surface area contributed by atoms with Gasteiger partial charge >= 0.3 is 45.1 Å². The van der Waals surface area contributed by atoms with E-state index in [0.717, 1.165) is 6.92 Å². The predicted molar refractivity (Wildman–Crippen MR) is 108 cm³/mol. The number of esters is 1. The summed E-state index contributed by atoms with van der Waals surface area (Å²) in [5.74, 6) is -13.9. The molecule has 0 aliphatic carbocycles. The van der Waals surface area contributed by atoms with E-state index >= 15 is 0 Å². The van der Waals surface area contributed by atoms with Crippen LogP contribution in [0.3, 0.4) is 0 Å². The lowest BCUT2D eigenvalue weighted by Crippen LogP contribution is -2.63. The molecular formula is C19H28F7NO7S. The molecule has 0 heterocycles. The van der Waals surface area contributed by atoms with E-state index < -0.39 is 63.7 Å². The Morgan fingerprint density at radius 3 is 1.77 bits per heavy atom. The van der Waals surface area contributed by atoms with Crippen LogP contribution in [0.2, 0.25) is 0 Å². The van der Waals surface area contributed by atoms with E-state index in [1.54, 1.807) is 13.8 Å². The number of carbonyl (C=O) groups is 2. The van der Waals surface area contributed by atoms with Crippen LogP contribution >= 0.6 is 0 Å². The van der Waals surface area contributed by atoms with Gasteiger partial charge in [0.2, 0.25) is 0 Å². The van der Waals surface area contributed by atoms with Gasteiger partial charge in [0.05, 0.1) is 6.61 Å². The Balaban J connectivity index is 6.40. The van der Waals surface area contributed by atoms with Gasteiger partial charge in [-0.1, -0.05) is 33.3 Å². The zero-order chi connectivity index (χ0) is 27.9. The van der Waals surface area contributed by atoms with Gasteiger partial charge in [0.15, 0.2) is 0 Å². The molecule has 1 unspecified atom stereocenters. The first-order valence-electron chi connectivity index (χ1n) is 10.3. The molecule has 0 aromatic heterocycles. The van der Waals surface area contributed by atoms with Crippen LogP contribution in [0.15, 0.2) is 12.2 Å². The number of hydrogen-bond acceptors (Lipinski definition) is 6. The molecule has 16 heteroatoms. The van der Waals surface area contributed by atoms with E-state index in [-0.39, 0.29) is 25.9 Å². The first kappa shape index (κ1) is 33.1. The van der Waals surface area contributed by atoms with E-state index in [0.29, 0.717) is 17.7 Å². The van der Waals surface area contributed by atoms with Crippen molar-refractivity contribution in [1.82, 2.24) is 4.90 Å². The Hall–Kier alpha value is -1.94. The van der Waals surface area contributed by atoms with Crippen LogP contribution in [-0.2, 0) is 29.2 Å². The van der Waals surface area contributed by atoms with Crippen LogP contribution in [0.4, 0.5) is 30.7 Å². The highest BCUT2D eigenvalue weighted by Crippen LogP contribution is 2.42. The standard InChI is InChI=1S/C19H28F7NO7S/c1-5-7-10-27(11-8-6-2)15(29)17(18(22,23)24,34-14(28)13(3)4)33-12-9-16(20,21)19(25,26)35(30,31)32/h3,5-12H2,1-2,4H3,(H,30,31,32). The second-order valence-corrected chi connectivity index (χ2v) is 9.04. The van der Waals surface area contributed by atoms with Gasteiger partial charge in [-0.05, 0) is 19.8 Å². The fraction of sp³-hybridized carbons (Fsp3) is 0.789. The zero-order valence-electron chi connectivity index (χ0n) is 19.3. The van der Waals surface area contributed by atoms with Crippen LogP contribution in [0.5, 0.6) is 0 Å². The molecule has 0 rings (SSSR count). The molecule has 0 aromatic rings. The summed E-state index contributed by atoms with van der Waals surface area (Å²) in [6, 6.07) is 0. The average Bonchev–Trinajstić information content (AvgIpc) is 2.70. The van der Waals surface area contributed by atoms with Crippen LogP contribution in [0.1, 0.15) is 52.9 Å². The highest BCUT2D eigenvalue weighted by molar-refractivity contribution is 7.87. The van der Waals surface area contributed by atoms with Gasteiger partial charge in [0.1, 0.15) is 0 Å². The summed E-state index contributed by atoms with van der Waals surface area (Å²) in [7, 11) is -6.67. The maximum atomic E-state index is 14.1. The zero-order valence-corrected chi connectivity index (χ0v) is 20.1. The molecule has 35 heavy (non-hydrogen) atoms. The Kier molecular flexibility index (Phi) is 11.7. The molecule has 0 saturated heterocycles. The van der Waals surface area contributed by atoms with Crippen molar-refractivity contribution < 1.29 is 62.8 Å². The summed E-state index contributed by atoms with van der Waals surface area (Å²) in [5, 5.41) is -6.09. The number of hydrogen-bond donors (Lipinski definition) is 1. The molecule has 0 fully saturated rings. The lowest BCUT2D eigenvalue weighted by Gasteiger charge is -2.37. The number of carbonyl (C=O) groups excluding carboxylic acids is 2. The summed E-state index contributed by atoms with van der Waals surface area (Å²) in [6.45, 7) is 4.75. The number of ether oxygens (including phenoxy) is 2. The first-order valence-corrected chi connectivity index (χ1v) is 11.8. The molecule has 1 atom stereocenters. The maximum absolute atomic E-state index is 14.1. The number of rotatable bonds is 15. The van der Waals surface area contributed by atoms with E-state index in [9.17, 15) is 48.7 Å². The van der Waals surface area contributed by atoms with E-state index in [2.05, 4.69) is 16.1 Å². The Morgan fingerprint density at radius 1 is 0.971 bits per heavy atom. The molecule has 0 radical (unpaired) electrons. The first-order chi connectivity index (χ1) is 15.7. The van der Waals surface area contributed by atoms with Crippen molar-refractivity contribution in [3.63, 3.8) is 0 Å². The largest absolute Gasteiger partial charge is 0.466 e. The predicted octanol–water partition coefficient (Wildman–Crippen LogP) is 4.32. The average molecular weight is 547 g/mol. The van der Waals surface area contributed by atoms with Gasteiger partial charge < -0.3 is 14.4 Å². The van der Waals surface area contributed by atoms with Crippen molar-refractivity contribution in [3.05, 3.63) is 12.2 Å². The quantitative estimate of drug-likeness (QED) is 0.107. The lowest BCUT2D eigenvalue weighted by molar-refractivity contribution is -0.353. The summed E-state index contributed by atoms with van der Waals surface area (Å²) >= 11 is 0. The number of halogens is 7. The minimum atomic E-state index is -6.67. The topological polar surface area (TPSA) is 110 Å². The highest BCUT2D eigenvalue weighted by atomic mass is 32.2. The van der Waals surface area contributed by atoms with Gasteiger partial charge in [-0.2, -0.15) is 39.2 Å². The molecular weight excluding hydrogens is 519 g/mol. The van der Waals surface area contributed by atoms with Gasteiger partial charge in [0.25, 0.3) is 0 Å². The molecule has 0 bridgehead atoms. The van der Waals surface area contributed by atoms with Gasteiger partial charge in [0, 0.05) is 25.1 Å². The summed E-state index contributed by atoms with van der Waals surface area (Å²) in [6.07, 6.45) is -7.02. The van der Waals surface area contributed by atoms with Crippen molar-refractivity contribution >= 4 is 22.0 Å². The Bertz CT molecular complexity index is 854. The fourth-order valence-corrected chi connectivity index (χ4v) is 2.97. The van der Waals surface area contributed by atoms with Crippen molar-refractivity contribution in [2.24, 2.45) is 0 Å². The van der Waals surface area contributed by atoms with Crippen molar-refractivity contribution in [2.75, 3.05) is 19.7 Å². The molecule has 0 spiro atoms. The maximum Gasteiger partial charge on any atom is 0.466 e. The molecule has 0 aliphatic rings. The number of nitrogens with zero attached hydrogens (tertiary/aromatic N) is 1. The van der Waals surface area contributed by atoms with Crippen LogP contribution in [-0.4, -0.2) is 72.6 Å². The lowest BCUT2D eigenvalue weighted by atomic mass is 10.1. The third-order valence-electron chi connectivity index (χ3n) is 4.56. The minimum Gasteiger partial charge on any atom is -0.412 e. The number of amides is 1. The van der Waals surface area contributed by atoms with E-state index in [1.807, 2.05) is 0 Å². The third-order valence-corrected chi connectivity index (χ3v) is 5.51. The summed E-state index contributed by atoms with van der Waals surface area (Å²) in [4.78, 5) is 25.6. The second kappa shape index (κ2) is 12.3. The van der Waals surface area contributed by atoms with E-state index in [1.165, 1.54) is 0 Å². The normalized spacial score (nSPS) is 14.8. The molecule has 1 N–H and O–H groups in total. The number of unbranched alkanes of at least 4 members (excludes halogenated alkanes) is 2. The van der Waals surface area contributed by atoms with Crippen LogP contribution in [0.25, 0.3) is 0 Å². The molecule has 0 aromatic carbocycles. The molecule has 1 amide bonds. The highest BCUT2D eigenvalue weighted by Gasteiger charge is 2.69. The van der Waals surface area contributed by atoms with Crippen molar-refractivity contribution in [1.29, 1.82) is 0 Å². The SMILES string of the molecule is C=C(C)C(=O)OC(OCCC(F)(F)C(F)(F)S(=O)(=O)O)(C(=O)N(CCCC)CCCC)C(F)(F)F. The monoisotopic (exact) mass is 547 g/mol. The fourth-order valence-electron chi connectivity index (χ4n) is 2.49. The molecule has 8 nitrogen and oxygen atoms in total. The van der Waals surface area contributed by atoms with Gasteiger partial charge in [-0.15, -0.1) is 0 Å². The Labute approximate surface area is 198 Å². The van der Waals surface area contributed by atoms with Crippen LogP contribution < -0.4 is 0 Å². The Morgan fingerprint density at radius 2 is 1.43 bits per heavy atom. The van der Waals surface area contributed by atoms with Gasteiger partial charge in [-0.3, -0.25) is 9.35 Å². The second-order valence-electron chi connectivity index (χ2n) is 7.58. The summed E-state index contributed by atoms with van der Waals surface area (Å²) < 4.78 is 135. The van der Waals surface area contributed by atoms with Crippen molar-refractivity contribution in [3.8, 4) is 0 Å². The van der Waals surface area contributed by atoms with E-state index in [4.69, 9.17) is 4.55 Å². The third kappa shape index (κ3) is 8.03. The molecule has 0 saturated carbocycles. The van der Waals surface area contributed by atoms with Crippen LogP contribution in [0, 0.1) is 0 Å². The van der Waals surface area contributed by atoms with Gasteiger partial charge in [-0.25, -0.2) is 4.79 Å². The summed E-state index contributed by atoms with van der Waals surface area (Å²) in [5.41, 5.74) is -0.632. The smallest absolute Gasteiger partial charge is 0.412 e. The minimum absolute atomic E-state index is 0.205. The molecule has 206 valence electrons.